The largest absolute Gasteiger partial charge is 0.466 e. The van der Waals surface area contributed by atoms with Crippen LogP contribution in [0.25, 0.3) is 16.8 Å². The van der Waals surface area contributed by atoms with Crippen LogP contribution in [0.1, 0.15) is 58.6 Å². The van der Waals surface area contributed by atoms with Crippen molar-refractivity contribution in [3.05, 3.63) is 30.4 Å². The molecule has 4 heterocycles. The monoisotopic (exact) mass is 526 g/mol. The van der Waals surface area contributed by atoms with Gasteiger partial charge in [-0.3, -0.25) is 19.6 Å². The Morgan fingerprint density at radius 2 is 2.03 bits per heavy atom. The van der Waals surface area contributed by atoms with Crippen molar-refractivity contribution in [2.75, 3.05) is 25.4 Å². The van der Waals surface area contributed by atoms with E-state index in [4.69, 9.17) is 20.2 Å². The molecule has 3 aromatic heterocycles. The van der Waals surface area contributed by atoms with Crippen molar-refractivity contribution >= 4 is 29.4 Å². The van der Waals surface area contributed by atoms with Crippen LogP contribution in [0.3, 0.4) is 0 Å². The second-order valence-corrected chi connectivity index (χ2v) is 10.2. The highest BCUT2D eigenvalue weighted by Gasteiger charge is 2.39. The molecule has 1 fully saturated rings. The van der Waals surface area contributed by atoms with Crippen LogP contribution >= 0.6 is 0 Å². The normalized spacial score (nSPS) is 17.8. The van der Waals surface area contributed by atoms with E-state index in [1.54, 1.807) is 56.9 Å². The average molecular weight is 527 g/mol. The number of H-pyrrole nitrogens is 1. The number of esters is 1. The van der Waals surface area contributed by atoms with E-state index in [1.807, 2.05) is 0 Å². The first-order valence-electron chi connectivity index (χ1n) is 12.6. The average Bonchev–Trinajstić information content (AvgIpc) is 3.53. The molecule has 0 spiro atoms. The molecular weight excluding hydrogens is 492 g/mol. The quantitative estimate of drug-likeness (QED) is 0.391. The Morgan fingerprint density at radius 3 is 2.71 bits per heavy atom. The number of hydrogen-bond acceptors (Lipinski definition) is 9. The minimum atomic E-state index is -0.749. The predicted octanol–water partition coefficient (Wildman–Crippen LogP) is 2.25. The number of piperidine rings is 1. The lowest BCUT2D eigenvalue weighted by Crippen LogP contribution is -2.54. The molecule has 13 nitrogen and oxygen atoms in total. The smallest absolute Gasteiger partial charge is 0.410 e. The number of carbonyl (C=O) groups is 3. The number of likely N-dealkylation sites (tertiary alicyclic amines) is 1. The lowest BCUT2D eigenvalue weighted by molar-refractivity contribution is -0.143. The number of nitrogens with zero attached hydrogens (tertiary/aromatic N) is 5. The minimum absolute atomic E-state index is 0.0505. The summed E-state index contributed by atoms with van der Waals surface area (Å²) in [5.41, 5.74) is 8.43. The fraction of sp³-hybridized carbons (Fsp3) is 0.520. The van der Waals surface area contributed by atoms with Crippen LogP contribution in [-0.4, -0.2) is 79.0 Å². The molecule has 38 heavy (non-hydrogen) atoms. The maximum Gasteiger partial charge on any atom is 0.410 e. The molecule has 2 amide bonds. The van der Waals surface area contributed by atoms with Gasteiger partial charge in [0.15, 0.2) is 5.65 Å². The number of rotatable bonds is 7. The highest BCUT2D eigenvalue weighted by atomic mass is 16.6. The summed E-state index contributed by atoms with van der Waals surface area (Å²) in [5, 5.41) is 13.9. The number of nitrogen functional groups attached to an aromatic ring is 1. The van der Waals surface area contributed by atoms with Crippen LogP contribution in [0, 0.1) is 0 Å². The van der Waals surface area contributed by atoms with E-state index < -0.39 is 23.7 Å². The summed E-state index contributed by atoms with van der Waals surface area (Å²) in [4.78, 5) is 44.2. The van der Waals surface area contributed by atoms with Crippen molar-refractivity contribution in [3.8, 4) is 11.1 Å². The van der Waals surface area contributed by atoms with Crippen molar-refractivity contribution in [2.24, 2.45) is 0 Å². The number of carbonyl (C=O) groups excluding carboxylic acids is 3. The molecule has 3 aromatic rings. The molecule has 0 unspecified atom stereocenters. The number of nitrogens with one attached hydrogen (secondary N) is 2. The highest BCUT2D eigenvalue weighted by Crippen LogP contribution is 2.33. The second kappa shape index (κ2) is 11.1. The Hall–Kier alpha value is -4.16. The van der Waals surface area contributed by atoms with Gasteiger partial charge in [-0.1, -0.05) is 0 Å². The molecule has 4 rings (SSSR count). The molecule has 1 saturated heterocycles. The molecule has 4 N–H and O–H groups in total. The molecule has 0 bridgehead atoms. The Balaban J connectivity index is 1.57. The van der Waals surface area contributed by atoms with Gasteiger partial charge >= 0.3 is 12.1 Å². The van der Waals surface area contributed by atoms with Gasteiger partial charge in [-0.05, 0) is 40.5 Å². The first-order chi connectivity index (χ1) is 18.1. The summed E-state index contributed by atoms with van der Waals surface area (Å²) >= 11 is 0. The van der Waals surface area contributed by atoms with Gasteiger partial charge in [0.2, 0.25) is 5.91 Å². The third-order valence-electron chi connectivity index (χ3n) is 6.19. The Labute approximate surface area is 220 Å². The maximum atomic E-state index is 13.2. The lowest BCUT2D eigenvalue weighted by Gasteiger charge is -2.39. The Bertz CT molecular complexity index is 1300. The van der Waals surface area contributed by atoms with E-state index >= 15 is 0 Å². The summed E-state index contributed by atoms with van der Waals surface area (Å²) in [6.07, 6.45) is 5.54. The lowest BCUT2D eigenvalue weighted by atomic mass is 9.89. The molecule has 13 heteroatoms. The third-order valence-corrected chi connectivity index (χ3v) is 6.19. The van der Waals surface area contributed by atoms with E-state index in [0.717, 1.165) is 11.1 Å². The van der Waals surface area contributed by atoms with E-state index in [0.29, 0.717) is 30.0 Å². The topological polar surface area (TPSA) is 170 Å². The van der Waals surface area contributed by atoms with Crippen LogP contribution in [0.4, 0.5) is 10.6 Å². The van der Waals surface area contributed by atoms with E-state index in [1.165, 1.54) is 4.90 Å². The standard InChI is InChI=1S/C25H34N8O5/c1-5-37-21(34)8-9-27-23(35)19-7-6-15(14-32(19)24(36)38-25(2,3)4)18-10-20(26)33-22(31-18)17(13-30-33)16-11-28-29-12-16/h10-13,15,19H,5-9,14,26H2,1-4H3,(H,27,35)(H,28,29)/t15-,19-/m0/s1. The van der Waals surface area contributed by atoms with Gasteiger partial charge in [-0.25, -0.2) is 9.78 Å². The highest BCUT2D eigenvalue weighted by molar-refractivity contribution is 5.86. The Morgan fingerprint density at radius 1 is 1.24 bits per heavy atom. The summed E-state index contributed by atoms with van der Waals surface area (Å²) in [6, 6.07) is 0.998. The SMILES string of the molecule is CCOC(=O)CCNC(=O)[C@@H]1CC[C@H](c2cc(N)n3ncc(-c4cn[nH]c4)c3n2)CN1C(=O)OC(C)(C)C. The van der Waals surface area contributed by atoms with Gasteiger partial charge in [0.05, 0.1) is 31.1 Å². The number of hydrogen-bond donors (Lipinski definition) is 3. The zero-order valence-electron chi connectivity index (χ0n) is 22.1. The van der Waals surface area contributed by atoms with Crippen molar-refractivity contribution in [2.45, 2.75) is 64.5 Å². The van der Waals surface area contributed by atoms with Gasteiger partial charge in [-0.2, -0.15) is 14.7 Å². The molecule has 1 aliphatic rings. The zero-order chi connectivity index (χ0) is 27.4. The van der Waals surface area contributed by atoms with Gasteiger partial charge in [-0.15, -0.1) is 0 Å². The predicted molar refractivity (Wildman–Crippen MR) is 138 cm³/mol. The number of amides is 2. The number of aromatic nitrogens is 5. The summed E-state index contributed by atoms with van der Waals surface area (Å²) < 4.78 is 12.1. The summed E-state index contributed by atoms with van der Waals surface area (Å²) in [7, 11) is 0. The molecular formula is C25H34N8O5. The number of aromatic amines is 1. The molecule has 2 atom stereocenters. The van der Waals surface area contributed by atoms with Gasteiger partial charge < -0.3 is 20.5 Å². The number of nitrogens with two attached hydrogens (primary N) is 1. The molecule has 1 aliphatic heterocycles. The molecule has 0 aliphatic carbocycles. The van der Waals surface area contributed by atoms with Crippen molar-refractivity contribution in [3.63, 3.8) is 0 Å². The van der Waals surface area contributed by atoms with Gasteiger partial charge in [0.1, 0.15) is 17.5 Å². The number of ether oxygens (including phenoxy) is 2. The van der Waals surface area contributed by atoms with E-state index in [9.17, 15) is 14.4 Å². The molecule has 0 radical (unpaired) electrons. The van der Waals surface area contributed by atoms with Crippen LogP contribution in [0.2, 0.25) is 0 Å². The zero-order valence-corrected chi connectivity index (χ0v) is 22.1. The first-order valence-corrected chi connectivity index (χ1v) is 12.6. The fourth-order valence-corrected chi connectivity index (χ4v) is 4.46. The maximum absolute atomic E-state index is 13.2. The van der Waals surface area contributed by atoms with Crippen LogP contribution in [0.5, 0.6) is 0 Å². The first kappa shape index (κ1) is 26.9. The molecule has 204 valence electrons. The van der Waals surface area contributed by atoms with Crippen molar-refractivity contribution in [1.82, 2.24) is 35.0 Å². The van der Waals surface area contributed by atoms with E-state index in [-0.39, 0.29) is 37.9 Å². The minimum Gasteiger partial charge on any atom is -0.466 e. The van der Waals surface area contributed by atoms with Crippen LogP contribution in [0.15, 0.2) is 24.7 Å². The third kappa shape index (κ3) is 6.03. The summed E-state index contributed by atoms with van der Waals surface area (Å²) in [6.45, 7) is 7.64. The van der Waals surface area contributed by atoms with Gasteiger partial charge in [0.25, 0.3) is 0 Å². The fourth-order valence-electron chi connectivity index (χ4n) is 4.46. The van der Waals surface area contributed by atoms with E-state index in [2.05, 4.69) is 20.6 Å². The summed E-state index contributed by atoms with van der Waals surface area (Å²) in [5.74, 6) is -0.526. The Kier molecular flexibility index (Phi) is 7.83. The van der Waals surface area contributed by atoms with Crippen molar-refractivity contribution < 1.29 is 23.9 Å². The molecule has 0 saturated carbocycles. The molecule has 0 aromatic carbocycles. The van der Waals surface area contributed by atoms with Crippen molar-refractivity contribution in [1.29, 1.82) is 0 Å². The number of fused-ring (bicyclic) bond motifs is 1. The van der Waals surface area contributed by atoms with Crippen LogP contribution in [-0.2, 0) is 19.1 Å². The second-order valence-electron chi connectivity index (χ2n) is 10.2. The van der Waals surface area contributed by atoms with Gasteiger partial charge in [0, 0.05) is 42.4 Å². The van der Waals surface area contributed by atoms with Crippen LogP contribution < -0.4 is 11.1 Å². The number of anilines is 1.